The monoisotopic (exact) mass is 466 g/mol. The van der Waals surface area contributed by atoms with Crippen molar-refractivity contribution in [2.24, 2.45) is 0 Å². The summed E-state index contributed by atoms with van der Waals surface area (Å²) < 4.78 is 27.4. The highest BCUT2D eigenvalue weighted by molar-refractivity contribution is 5.93. The van der Waals surface area contributed by atoms with Crippen LogP contribution in [0.3, 0.4) is 0 Å². The number of ether oxygens (including phenoxy) is 4. The van der Waals surface area contributed by atoms with E-state index in [1.165, 1.54) is 46.6 Å². The smallest absolute Gasteiger partial charge is 0.204 e. The maximum atomic E-state index is 13.7. The van der Waals surface area contributed by atoms with Crippen LogP contribution < -0.4 is 24.4 Å². The SMILES string of the molecule is COc1ccc(-c2c(-c3cc(OC)c(OC)c(OC)c3)oc3cc(O)cc(O)c3c2=O)cc1O. The maximum Gasteiger partial charge on any atom is 0.204 e. The Morgan fingerprint density at radius 1 is 0.706 bits per heavy atom. The summed E-state index contributed by atoms with van der Waals surface area (Å²) in [7, 11) is 5.78. The highest BCUT2D eigenvalue weighted by Crippen LogP contribution is 2.44. The van der Waals surface area contributed by atoms with E-state index in [2.05, 4.69) is 0 Å². The van der Waals surface area contributed by atoms with Crippen LogP contribution in [0.2, 0.25) is 0 Å². The lowest BCUT2D eigenvalue weighted by Gasteiger charge is -2.16. The van der Waals surface area contributed by atoms with Crippen LogP contribution in [-0.2, 0) is 0 Å². The van der Waals surface area contributed by atoms with Crippen LogP contribution in [0.1, 0.15) is 0 Å². The first kappa shape index (κ1) is 22.7. The zero-order valence-corrected chi connectivity index (χ0v) is 18.8. The summed E-state index contributed by atoms with van der Waals surface area (Å²) in [5.41, 5.74) is 0.146. The third-order valence-electron chi connectivity index (χ3n) is 5.35. The minimum absolute atomic E-state index is 0.0345. The second-order valence-corrected chi connectivity index (χ2v) is 7.27. The lowest BCUT2D eigenvalue weighted by atomic mass is 9.97. The fourth-order valence-electron chi connectivity index (χ4n) is 3.81. The number of fused-ring (bicyclic) bond motifs is 1. The lowest BCUT2D eigenvalue weighted by Crippen LogP contribution is -2.08. The van der Waals surface area contributed by atoms with Gasteiger partial charge < -0.3 is 38.7 Å². The molecular weight excluding hydrogens is 444 g/mol. The van der Waals surface area contributed by atoms with Gasteiger partial charge in [0, 0.05) is 17.7 Å². The molecule has 0 atom stereocenters. The van der Waals surface area contributed by atoms with Gasteiger partial charge in [-0.2, -0.15) is 0 Å². The van der Waals surface area contributed by atoms with E-state index in [-0.39, 0.29) is 39.5 Å². The first-order valence-corrected chi connectivity index (χ1v) is 10.0. The van der Waals surface area contributed by atoms with E-state index in [9.17, 15) is 20.1 Å². The van der Waals surface area contributed by atoms with E-state index in [1.54, 1.807) is 18.2 Å². The summed E-state index contributed by atoms with van der Waals surface area (Å²) in [5, 5.41) is 30.6. The highest BCUT2D eigenvalue weighted by Gasteiger charge is 2.24. The molecule has 0 aliphatic rings. The molecule has 4 rings (SSSR count). The van der Waals surface area contributed by atoms with Crippen LogP contribution in [0.4, 0.5) is 0 Å². The molecule has 0 aliphatic heterocycles. The molecule has 1 heterocycles. The zero-order chi connectivity index (χ0) is 24.6. The Hall–Kier alpha value is -4.53. The van der Waals surface area contributed by atoms with Crippen LogP contribution in [0.15, 0.2) is 51.7 Å². The first-order chi connectivity index (χ1) is 16.3. The van der Waals surface area contributed by atoms with E-state index in [1.807, 2.05) is 0 Å². The van der Waals surface area contributed by atoms with E-state index in [0.29, 0.717) is 28.4 Å². The van der Waals surface area contributed by atoms with Crippen molar-refractivity contribution in [1.29, 1.82) is 0 Å². The molecule has 0 bridgehead atoms. The van der Waals surface area contributed by atoms with Gasteiger partial charge in [0.25, 0.3) is 0 Å². The van der Waals surface area contributed by atoms with Gasteiger partial charge in [0.2, 0.25) is 11.2 Å². The maximum absolute atomic E-state index is 13.7. The second kappa shape index (κ2) is 8.78. The van der Waals surface area contributed by atoms with Crippen LogP contribution in [0.5, 0.6) is 40.2 Å². The van der Waals surface area contributed by atoms with E-state index < -0.39 is 11.2 Å². The van der Waals surface area contributed by atoms with Crippen molar-refractivity contribution >= 4 is 11.0 Å². The van der Waals surface area contributed by atoms with Gasteiger partial charge in [-0.05, 0) is 29.8 Å². The Labute approximate surface area is 193 Å². The molecule has 4 aromatic rings. The van der Waals surface area contributed by atoms with Gasteiger partial charge in [-0.15, -0.1) is 0 Å². The molecule has 0 saturated heterocycles. The van der Waals surface area contributed by atoms with Crippen LogP contribution in [0, 0.1) is 0 Å². The van der Waals surface area contributed by atoms with Crippen molar-refractivity contribution in [1.82, 2.24) is 0 Å². The van der Waals surface area contributed by atoms with E-state index in [0.717, 1.165) is 6.07 Å². The summed E-state index contributed by atoms with van der Waals surface area (Å²) >= 11 is 0. The summed E-state index contributed by atoms with van der Waals surface area (Å²) in [4.78, 5) is 13.7. The molecule has 3 N–H and O–H groups in total. The normalized spacial score (nSPS) is 10.8. The van der Waals surface area contributed by atoms with Gasteiger partial charge in [-0.1, -0.05) is 6.07 Å². The average molecular weight is 466 g/mol. The first-order valence-electron chi connectivity index (χ1n) is 10.0. The molecular formula is C25H22O9. The minimum atomic E-state index is -0.577. The Morgan fingerprint density at radius 2 is 1.35 bits per heavy atom. The molecule has 9 nitrogen and oxygen atoms in total. The molecule has 0 saturated carbocycles. The van der Waals surface area contributed by atoms with Gasteiger partial charge in [0.15, 0.2) is 23.0 Å². The molecule has 0 unspecified atom stereocenters. The molecule has 34 heavy (non-hydrogen) atoms. The molecule has 0 amide bonds. The van der Waals surface area contributed by atoms with Gasteiger partial charge in [0.05, 0.1) is 34.0 Å². The Kier molecular flexibility index (Phi) is 5.85. The number of phenolic OH excluding ortho intramolecular Hbond substituents is 3. The van der Waals surface area contributed by atoms with Crippen LogP contribution in [0.25, 0.3) is 33.4 Å². The van der Waals surface area contributed by atoms with E-state index >= 15 is 0 Å². The van der Waals surface area contributed by atoms with Crippen molar-refractivity contribution in [3.8, 4) is 62.7 Å². The highest BCUT2D eigenvalue weighted by atomic mass is 16.5. The summed E-state index contributed by atoms with van der Waals surface area (Å²) in [5.74, 6) is 0.380. The van der Waals surface area contributed by atoms with Gasteiger partial charge >= 0.3 is 0 Å². The quantitative estimate of drug-likeness (QED) is 0.381. The zero-order valence-electron chi connectivity index (χ0n) is 18.8. The van der Waals surface area contributed by atoms with Crippen molar-refractivity contribution in [3.05, 3.63) is 52.7 Å². The molecule has 0 radical (unpaired) electrons. The summed E-state index contributed by atoms with van der Waals surface area (Å²) in [6, 6.07) is 9.91. The van der Waals surface area contributed by atoms with Crippen LogP contribution >= 0.6 is 0 Å². The number of phenols is 3. The third kappa shape index (κ3) is 3.66. The lowest BCUT2D eigenvalue weighted by molar-refractivity contribution is 0.324. The van der Waals surface area contributed by atoms with Gasteiger partial charge in [-0.3, -0.25) is 4.79 Å². The molecule has 0 aliphatic carbocycles. The van der Waals surface area contributed by atoms with Crippen molar-refractivity contribution in [3.63, 3.8) is 0 Å². The molecule has 0 fully saturated rings. The average Bonchev–Trinajstić information content (AvgIpc) is 2.82. The Balaban J connectivity index is 2.14. The predicted octanol–water partition coefficient (Wildman–Crippen LogP) is 4.28. The number of aromatic hydroxyl groups is 3. The van der Waals surface area contributed by atoms with Crippen LogP contribution in [-0.4, -0.2) is 43.8 Å². The van der Waals surface area contributed by atoms with Gasteiger partial charge in [0.1, 0.15) is 28.2 Å². The number of hydrogen-bond acceptors (Lipinski definition) is 9. The second-order valence-electron chi connectivity index (χ2n) is 7.27. The van der Waals surface area contributed by atoms with Crippen molar-refractivity contribution in [2.75, 3.05) is 28.4 Å². The molecule has 9 heteroatoms. The summed E-state index contributed by atoms with van der Waals surface area (Å²) in [6.07, 6.45) is 0. The fourth-order valence-corrected chi connectivity index (χ4v) is 3.81. The third-order valence-corrected chi connectivity index (χ3v) is 5.35. The predicted molar refractivity (Wildman–Crippen MR) is 125 cm³/mol. The number of hydrogen-bond donors (Lipinski definition) is 3. The topological polar surface area (TPSA) is 128 Å². The number of methoxy groups -OCH3 is 4. The van der Waals surface area contributed by atoms with Crippen molar-refractivity contribution in [2.45, 2.75) is 0 Å². The van der Waals surface area contributed by atoms with E-state index in [4.69, 9.17) is 23.4 Å². The Morgan fingerprint density at radius 3 is 1.91 bits per heavy atom. The number of benzene rings is 3. The largest absolute Gasteiger partial charge is 0.508 e. The van der Waals surface area contributed by atoms with Gasteiger partial charge in [-0.25, -0.2) is 0 Å². The molecule has 3 aromatic carbocycles. The van der Waals surface area contributed by atoms with Crippen molar-refractivity contribution < 1.29 is 38.7 Å². The molecule has 0 spiro atoms. The Bertz CT molecular complexity index is 1430. The standard InChI is InChI=1S/C25H22O9/c1-30-17-6-5-12(7-15(17)27)21-23(29)22-16(28)10-14(26)11-18(22)34-24(21)13-8-19(31-2)25(33-4)20(9-13)32-3/h5-11,26-28H,1-4H3. The molecule has 1 aromatic heterocycles. The minimum Gasteiger partial charge on any atom is -0.508 e. The fraction of sp³-hybridized carbons (Fsp3) is 0.160. The summed E-state index contributed by atoms with van der Waals surface area (Å²) in [6.45, 7) is 0. The number of rotatable bonds is 6. The molecule has 176 valence electrons.